The van der Waals surface area contributed by atoms with Gasteiger partial charge >= 0.3 is 5.69 Å². The van der Waals surface area contributed by atoms with Gasteiger partial charge in [-0.05, 0) is 38.3 Å². The second-order valence-electron chi connectivity index (χ2n) is 5.06. The summed E-state index contributed by atoms with van der Waals surface area (Å²) in [5.41, 5.74) is -0.261. The van der Waals surface area contributed by atoms with E-state index in [0.717, 1.165) is 25.6 Å². The smallest absolute Gasteiger partial charge is 0.305 e. The number of rotatable bonds is 6. The number of ether oxygens (including phenoxy) is 1. The van der Waals surface area contributed by atoms with E-state index in [2.05, 4.69) is 5.32 Å². The van der Waals surface area contributed by atoms with Crippen molar-refractivity contribution in [2.24, 2.45) is 5.92 Å². The topological polar surface area (TPSA) is 64.4 Å². The standard InChI is InChI=1S/C14H19FN2O3/c15-14-12(4-1-5-13(14)17(18)19)10-20-8-6-11-3-2-7-16-9-11/h1,4-5,11,16H,2-3,6-10H2. The molecule has 110 valence electrons. The van der Waals surface area contributed by atoms with Gasteiger partial charge in [0.2, 0.25) is 5.82 Å². The van der Waals surface area contributed by atoms with Gasteiger partial charge in [0.1, 0.15) is 0 Å². The molecule has 1 atom stereocenters. The zero-order chi connectivity index (χ0) is 14.4. The van der Waals surface area contributed by atoms with Crippen molar-refractivity contribution in [2.75, 3.05) is 19.7 Å². The molecule has 1 unspecified atom stereocenters. The highest BCUT2D eigenvalue weighted by molar-refractivity contribution is 5.36. The lowest BCUT2D eigenvalue weighted by Gasteiger charge is -2.22. The van der Waals surface area contributed by atoms with E-state index in [1.165, 1.54) is 25.0 Å². The molecule has 6 heteroatoms. The zero-order valence-electron chi connectivity index (χ0n) is 11.3. The summed E-state index contributed by atoms with van der Waals surface area (Å²) >= 11 is 0. The molecule has 0 spiro atoms. The first-order chi connectivity index (χ1) is 9.68. The predicted molar refractivity (Wildman–Crippen MR) is 72.9 cm³/mol. The van der Waals surface area contributed by atoms with Crippen molar-refractivity contribution >= 4 is 5.69 Å². The largest absolute Gasteiger partial charge is 0.377 e. The summed E-state index contributed by atoms with van der Waals surface area (Å²) in [5, 5.41) is 14.0. The number of halogens is 1. The second-order valence-corrected chi connectivity index (χ2v) is 5.06. The molecule has 1 fully saturated rings. The number of hydrogen-bond acceptors (Lipinski definition) is 4. The Balaban J connectivity index is 1.79. The van der Waals surface area contributed by atoms with Gasteiger partial charge in [0.25, 0.3) is 0 Å². The van der Waals surface area contributed by atoms with Crippen LogP contribution in [0.25, 0.3) is 0 Å². The summed E-state index contributed by atoms with van der Waals surface area (Å²) in [4.78, 5) is 9.91. The molecule has 0 bridgehead atoms. The van der Waals surface area contributed by atoms with E-state index in [4.69, 9.17) is 4.74 Å². The summed E-state index contributed by atoms with van der Waals surface area (Å²) < 4.78 is 19.2. The Morgan fingerprint density at radius 2 is 2.35 bits per heavy atom. The Morgan fingerprint density at radius 1 is 1.50 bits per heavy atom. The van der Waals surface area contributed by atoms with Crippen molar-refractivity contribution in [3.05, 3.63) is 39.7 Å². The zero-order valence-corrected chi connectivity index (χ0v) is 11.3. The van der Waals surface area contributed by atoms with Gasteiger partial charge in [-0.15, -0.1) is 0 Å². The lowest BCUT2D eigenvalue weighted by atomic mass is 9.97. The second kappa shape index (κ2) is 7.31. The molecule has 0 aromatic heterocycles. The Labute approximate surface area is 117 Å². The van der Waals surface area contributed by atoms with Crippen molar-refractivity contribution in [3.63, 3.8) is 0 Å². The van der Waals surface area contributed by atoms with Crippen LogP contribution >= 0.6 is 0 Å². The third kappa shape index (κ3) is 3.98. The molecule has 1 saturated heterocycles. The molecule has 0 saturated carbocycles. The van der Waals surface area contributed by atoms with Crippen molar-refractivity contribution in [1.82, 2.24) is 5.32 Å². The molecule has 0 radical (unpaired) electrons. The highest BCUT2D eigenvalue weighted by atomic mass is 19.1. The van der Waals surface area contributed by atoms with Crippen molar-refractivity contribution in [2.45, 2.75) is 25.9 Å². The van der Waals surface area contributed by atoms with Crippen LogP contribution in [0.15, 0.2) is 18.2 Å². The molecular weight excluding hydrogens is 263 g/mol. The number of nitrogens with one attached hydrogen (secondary N) is 1. The van der Waals surface area contributed by atoms with Crippen LogP contribution in [0.4, 0.5) is 10.1 Å². The van der Waals surface area contributed by atoms with E-state index in [9.17, 15) is 14.5 Å². The molecule has 1 heterocycles. The molecule has 20 heavy (non-hydrogen) atoms. The van der Waals surface area contributed by atoms with Gasteiger partial charge in [0.05, 0.1) is 11.5 Å². The molecule has 0 amide bonds. The minimum absolute atomic E-state index is 0.0770. The number of benzene rings is 1. The molecule has 0 aliphatic carbocycles. The fraction of sp³-hybridized carbons (Fsp3) is 0.571. The van der Waals surface area contributed by atoms with E-state index in [1.807, 2.05) is 0 Å². The first-order valence-electron chi connectivity index (χ1n) is 6.88. The Bertz CT molecular complexity index is 462. The third-order valence-corrected chi connectivity index (χ3v) is 3.58. The van der Waals surface area contributed by atoms with Crippen LogP contribution in [-0.2, 0) is 11.3 Å². The molecular formula is C14H19FN2O3. The minimum atomic E-state index is -0.795. The van der Waals surface area contributed by atoms with Gasteiger partial charge < -0.3 is 10.1 Å². The van der Waals surface area contributed by atoms with Crippen molar-refractivity contribution < 1.29 is 14.1 Å². The lowest BCUT2D eigenvalue weighted by molar-refractivity contribution is -0.387. The van der Waals surface area contributed by atoms with Crippen LogP contribution in [0.2, 0.25) is 0 Å². The minimum Gasteiger partial charge on any atom is -0.377 e. The highest BCUT2D eigenvalue weighted by Crippen LogP contribution is 2.21. The molecule has 1 aliphatic heterocycles. The lowest BCUT2D eigenvalue weighted by Crippen LogP contribution is -2.30. The first kappa shape index (κ1) is 14.9. The van der Waals surface area contributed by atoms with Gasteiger partial charge in [0, 0.05) is 18.2 Å². The first-order valence-corrected chi connectivity index (χ1v) is 6.88. The summed E-state index contributed by atoms with van der Waals surface area (Å²) in [6.07, 6.45) is 3.31. The Kier molecular flexibility index (Phi) is 5.43. The van der Waals surface area contributed by atoms with E-state index >= 15 is 0 Å². The predicted octanol–water partition coefficient (Wildman–Crippen LogP) is 2.64. The number of nitro benzene ring substituents is 1. The Morgan fingerprint density at radius 3 is 3.05 bits per heavy atom. The van der Waals surface area contributed by atoms with Crippen LogP contribution in [0.1, 0.15) is 24.8 Å². The van der Waals surface area contributed by atoms with Gasteiger partial charge in [-0.2, -0.15) is 4.39 Å². The summed E-state index contributed by atoms with van der Waals surface area (Å²) in [5.74, 6) is -0.185. The summed E-state index contributed by atoms with van der Waals surface area (Å²) in [7, 11) is 0. The molecule has 1 aliphatic rings. The fourth-order valence-corrected chi connectivity index (χ4v) is 2.42. The average Bonchev–Trinajstić information content (AvgIpc) is 2.46. The molecule has 2 rings (SSSR count). The molecule has 1 N–H and O–H groups in total. The fourth-order valence-electron chi connectivity index (χ4n) is 2.42. The van der Waals surface area contributed by atoms with Crippen molar-refractivity contribution in [1.29, 1.82) is 0 Å². The van der Waals surface area contributed by atoms with Crippen LogP contribution in [0, 0.1) is 21.8 Å². The highest BCUT2D eigenvalue weighted by Gasteiger charge is 2.17. The van der Waals surface area contributed by atoms with Crippen LogP contribution in [0.5, 0.6) is 0 Å². The monoisotopic (exact) mass is 282 g/mol. The van der Waals surface area contributed by atoms with Gasteiger partial charge in [-0.1, -0.05) is 12.1 Å². The van der Waals surface area contributed by atoms with E-state index in [0.29, 0.717) is 12.5 Å². The maximum absolute atomic E-state index is 13.8. The van der Waals surface area contributed by atoms with Gasteiger partial charge in [0.15, 0.2) is 0 Å². The van der Waals surface area contributed by atoms with E-state index < -0.39 is 16.4 Å². The van der Waals surface area contributed by atoms with E-state index in [1.54, 1.807) is 0 Å². The maximum atomic E-state index is 13.8. The van der Waals surface area contributed by atoms with Gasteiger partial charge in [-0.3, -0.25) is 10.1 Å². The van der Waals surface area contributed by atoms with Gasteiger partial charge in [-0.25, -0.2) is 0 Å². The summed E-state index contributed by atoms with van der Waals surface area (Å²) in [6, 6.07) is 4.15. The van der Waals surface area contributed by atoms with Crippen LogP contribution in [-0.4, -0.2) is 24.6 Å². The SMILES string of the molecule is O=[N+]([O-])c1cccc(COCCC2CCCNC2)c1F. The van der Waals surface area contributed by atoms with Crippen LogP contribution < -0.4 is 5.32 Å². The van der Waals surface area contributed by atoms with Crippen LogP contribution in [0.3, 0.4) is 0 Å². The maximum Gasteiger partial charge on any atom is 0.305 e. The number of piperidine rings is 1. The average molecular weight is 282 g/mol. The quantitative estimate of drug-likeness (QED) is 0.495. The molecule has 5 nitrogen and oxygen atoms in total. The number of nitro groups is 1. The molecule has 1 aromatic rings. The molecule has 1 aromatic carbocycles. The summed E-state index contributed by atoms with van der Waals surface area (Å²) in [6.45, 7) is 2.72. The van der Waals surface area contributed by atoms with E-state index in [-0.39, 0.29) is 12.2 Å². The Hall–Kier alpha value is -1.53. The van der Waals surface area contributed by atoms with Crippen molar-refractivity contribution in [3.8, 4) is 0 Å². The number of hydrogen-bond donors (Lipinski definition) is 1. The normalized spacial score (nSPS) is 18.9. The third-order valence-electron chi connectivity index (χ3n) is 3.58. The number of nitrogens with zero attached hydrogens (tertiary/aromatic N) is 1.